The normalized spacial score (nSPS) is 21.8. The lowest BCUT2D eigenvalue weighted by Gasteiger charge is -2.18. The molecule has 0 saturated carbocycles. The predicted octanol–water partition coefficient (Wildman–Crippen LogP) is 3.61. The summed E-state index contributed by atoms with van der Waals surface area (Å²) in [6.45, 7) is 5.53. The molecule has 4 atom stereocenters. The Morgan fingerprint density at radius 3 is 2.54 bits per heavy atom. The number of carboxylic acid groups (broad SMARTS) is 1. The van der Waals surface area contributed by atoms with Gasteiger partial charge in [0.15, 0.2) is 5.78 Å². The third kappa shape index (κ3) is 5.41. The van der Waals surface area contributed by atoms with Crippen LogP contribution in [0.1, 0.15) is 36.7 Å². The van der Waals surface area contributed by atoms with E-state index in [-0.39, 0.29) is 35.4 Å². The molecule has 2 rings (SSSR count). The monoisotopic (exact) mass is 386 g/mol. The van der Waals surface area contributed by atoms with Crippen molar-refractivity contribution >= 4 is 17.8 Å². The number of hydrogen-bond acceptors (Lipinski definition) is 5. The highest BCUT2D eigenvalue weighted by atomic mass is 16.6. The van der Waals surface area contributed by atoms with Crippen molar-refractivity contribution in [2.75, 3.05) is 7.11 Å². The van der Waals surface area contributed by atoms with E-state index in [4.69, 9.17) is 9.47 Å². The largest absolute Gasteiger partial charge is 0.507 e. The number of methoxy groups -OCH3 is 1. The molecular formula is C22H26O6. The first-order chi connectivity index (χ1) is 13.3. The second-order valence-corrected chi connectivity index (χ2v) is 6.78. The Balaban J connectivity index is 2.17. The summed E-state index contributed by atoms with van der Waals surface area (Å²) in [5.74, 6) is -2.04. The maximum atomic E-state index is 12.8. The molecule has 1 aromatic carbocycles. The van der Waals surface area contributed by atoms with E-state index in [2.05, 4.69) is 0 Å². The molecule has 0 spiro atoms. The lowest BCUT2D eigenvalue weighted by atomic mass is 9.92. The van der Waals surface area contributed by atoms with Gasteiger partial charge in [-0.3, -0.25) is 4.79 Å². The van der Waals surface area contributed by atoms with Crippen LogP contribution in [-0.4, -0.2) is 47.4 Å². The second-order valence-electron chi connectivity index (χ2n) is 6.78. The van der Waals surface area contributed by atoms with Gasteiger partial charge in [0, 0.05) is 7.11 Å². The summed E-state index contributed by atoms with van der Waals surface area (Å²) in [6, 6.07) is 4.49. The van der Waals surface area contributed by atoms with Crippen molar-refractivity contribution in [1.82, 2.24) is 0 Å². The first-order valence-corrected chi connectivity index (χ1v) is 9.07. The van der Waals surface area contributed by atoms with Crippen LogP contribution in [0.15, 0.2) is 48.1 Å². The maximum absolute atomic E-state index is 12.8. The van der Waals surface area contributed by atoms with Crippen LogP contribution in [0.3, 0.4) is 0 Å². The number of ketones is 1. The minimum atomic E-state index is -1.21. The molecule has 0 radical (unpaired) electrons. The molecule has 0 unspecified atom stereocenters. The van der Waals surface area contributed by atoms with Gasteiger partial charge in [-0.15, -0.1) is 0 Å². The van der Waals surface area contributed by atoms with Crippen LogP contribution < -0.4 is 0 Å². The first kappa shape index (κ1) is 21.6. The molecule has 1 aliphatic heterocycles. The number of ether oxygens (including phenoxy) is 2. The van der Waals surface area contributed by atoms with Crippen molar-refractivity contribution in [3.8, 4) is 5.75 Å². The van der Waals surface area contributed by atoms with E-state index in [1.54, 1.807) is 50.5 Å². The van der Waals surface area contributed by atoms with Gasteiger partial charge < -0.3 is 19.7 Å². The van der Waals surface area contributed by atoms with E-state index in [0.29, 0.717) is 11.1 Å². The van der Waals surface area contributed by atoms with Gasteiger partial charge in [-0.1, -0.05) is 36.4 Å². The molecule has 2 N–H and O–H groups in total. The standard InChI is InChI=1S/C22H26O6/c1-13(12-19-15(3)28-19)21(24)17(14(2)27-4)10-6-5-8-16-9-7-11-18(23)20(16)22(25)26/h5-12,14-15,17,19,23H,1-4H3,(H,25,26)/t14-,15+,17-,19-/m0/s1. The number of hydrogen-bond donors (Lipinski definition) is 2. The maximum Gasteiger partial charge on any atom is 0.340 e. The highest BCUT2D eigenvalue weighted by Gasteiger charge is 2.33. The van der Waals surface area contributed by atoms with Crippen molar-refractivity contribution in [3.05, 3.63) is 59.2 Å². The van der Waals surface area contributed by atoms with Gasteiger partial charge in [-0.2, -0.15) is 0 Å². The molecule has 28 heavy (non-hydrogen) atoms. The van der Waals surface area contributed by atoms with Gasteiger partial charge in [-0.25, -0.2) is 4.79 Å². The van der Waals surface area contributed by atoms with Crippen molar-refractivity contribution in [3.63, 3.8) is 0 Å². The minimum absolute atomic E-state index is 0.00785. The van der Waals surface area contributed by atoms with Gasteiger partial charge in [-0.05, 0) is 44.1 Å². The zero-order valence-corrected chi connectivity index (χ0v) is 16.5. The van der Waals surface area contributed by atoms with Gasteiger partial charge in [0.25, 0.3) is 0 Å². The number of carbonyl (C=O) groups excluding carboxylic acids is 1. The summed E-state index contributed by atoms with van der Waals surface area (Å²) in [5.41, 5.74) is 0.830. The molecule has 0 amide bonds. The van der Waals surface area contributed by atoms with Crippen LogP contribution in [0.5, 0.6) is 5.75 Å². The molecule has 1 saturated heterocycles. The van der Waals surface area contributed by atoms with Crippen LogP contribution in [0, 0.1) is 5.92 Å². The van der Waals surface area contributed by atoms with Crippen molar-refractivity contribution in [2.45, 2.75) is 39.1 Å². The fourth-order valence-electron chi connectivity index (χ4n) is 2.84. The van der Waals surface area contributed by atoms with E-state index >= 15 is 0 Å². The number of carboxylic acids is 1. The molecule has 0 bridgehead atoms. The van der Waals surface area contributed by atoms with Crippen molar-refractivity contribution in [1.29, 1.82) is 0 Å². The number of allylic oxidation sites excluding steroid dienone is 3. The van der Waals surface area contributed by atoms with E-state index in [1.807, 2.05) is 19.9 Å². The zero-order chi connectivity index (χ0) is 20.8. The number of epoxide rings is 1. The Labute approximate surface area is 164 Å². The van der Waals surface area contributed by atoms with Crippen LogP contribution >= 0.6 is 0 Å². The molecular weight excluding hydrogens is 360 g/mol. The highest BCUT2D eigenvalue weighted by Crippen LogP contribution is 2.25. The van der Waals surface area contributed by atoms with Gasteiger partial charge in [0.2, 0.25) is 0 Å². The summed E-state index contributed by atoms with van der Waals surface area (Å²) in [4.78, 5) is 24.1. The number of phenols is 1. The topological polar surface area (TPSA) is 96.4 Å². The average molecular weight is 386 g/mol. The minimum Gasteiger partial charge on any atom is -0.507 e. The zero-order valence-electron chi connectivity index (χ0n) is 16.5. The summed E-state index contributed by atoms with van der Waals surface area (Å²) in [6.07, 6.45) is 8.25. The average Bonchev–Trinajstić information content (AvgIpc) is 3.34. The molecule has 6 heteroatoms. The number of carbonyl (C=O) groups is 2. The Bertz CT molecular complexity index is 820. The quantitative estimate of drug-likeness (QED) is 0.382. The first-order valence-electron chi connectivity index (χ1n) is 9.07. The summed E-state index contributed by atoms with van der Waals surface area (Å²) in [7, 11) is 1.55. The van der Waals surface area contributed by atoms with E-state index in [1.165, 1.54) is 6.07 Å². The number of Topliss-reactive ketones (excluding diaryl/α,β-unsaturated/α-hetero) is 1. The Morgan fingerprint density at radius 1 is 1.29 bits per heavy atom. The number of rotatable bonds is 9. The van der Waals surface area contributed by atoms with Crippen molar-refractivity contribution in [2.24, 2.45) is 5.92 Å². The smallest absolute Gasteiger partial charge is 0.340 e. The van der Waals surface area contributed by atoms with Gasteiger partial charge in [0.1, 0.15) is 17.4 Å². The SMILES string of the molecule is CO[C@@H](C)[C@H](C=CC=Cc1cccc(O)c1C(=O)O)C(=O)C(C)=C[C@@H]1O[C@@H]1C. The van der Waals surface area contributed by atoms with Gasteiger partial charge >= 0.3 is 5.97 Å². The highest BCUT2D eigenvalue weighted by molar-refractivity contribution is 5.98. The Kier molecular flexibility index (Phi) is 7.31. The van der Waals surface area contributed by atoms with Crippen LogP contribution in [0.4, 0.5) is 0 Å². The van der Waals surface area contributed by atoms with E-state index < -0.39 is 11.9 Å². The molecule has 150 valence electrons. The van der Waals surface area contributed by atoms with E-state index in [0.717, 1.165) is 0 Å². The molecule has 0 aliphatic carbocycles. The Hall–Kier alpha value is -2.70. The fraction of sp³-hybridized carbons (Fsp3) is 0.364. The summed E-state index contributed by atoms with van der Waals surface area (Å²) >= 11 is 0. The van der Waals surface area contributed by atoms with Crippen LogP contribution in [0.2, 0.25) is 0 Å². The second kappa shape index (κ2) is 9.48. The van der Waals surface area contributed by atoms with Crippen LogP contribution in [-0.2, 0) is 14.3 Å². The molecule has 1 heterocycles. The molecule has 1 fully saturated rings. The van der Waals surface area contributed by atoms with E-state index in [9.17, 15) is 19.8 Å². The number of aromatic carboxylic acids is 1. The number of aromatic hydroxyl groups is 1. The lowest BCUT2D eigenvalue weighted by Crippen LogP contribution is -2.26. The number of benzene rings is 1. The van der Waals surface area contributed by atoms with Crippen LogP contribution in [0.25, 0.3) is 6.08 Å². The molecule has 1 aliphatic rings. The summed E-state index contributed by atoms with van der Waals surface area (Å²) < 4.78 is 10.7. The lowest BCUT2D eigenvalue weighted by molar-refractivity contribution is -0.121. The predicted molar refractivity (Wildman–Crippen MR) is 106 cm³/mol. The van der Waals surface area contributed by atoms with Gasteiger partial charge in [0.05, 0.1) is 18.1 Å². The summed E-state index contributed by atoms with van der Waals surface area (Å²) in [5, 5.41) is 19.0. The fourth-order valence-corrected chi connectivity index (χ4v) is 2.84. The third-order valence-corrected chi connectivity index (χ3v) is 4.73. The van der Waals surface area contributed by atoms with Crippen molar-refractivity contribution < 1.29 is 29.3 Å². The molecule has 6 nitrogen and oxygen atoms in total. The molecule has 1 aromatic rings. The molecule has 0 aromatic heterocycles. The Morgan fingerprint density at radius 2 is 1.96 bits per heavy atom. The third-order valence-electron chi connectivity index (χ3n) is 4.73.